The fourth-order valence-electron chi connectivity index (χ4n) is 2.08. The molecule has 0 heterocycles. The summed E-state index contributed by atoms with van der Waals surface area (Å²) in [6, 6.07) is 12.6. The average Bonchev–Trinajstić information content (AvgIpc) is 2.33. The lowest BCUT2D eigenvalue weighted by Crippen LogP contribution is -1.99. The molecular weight excluding hydrogens is 387 g/mol. The fraction of sp³-hybridized carbons (Fsp3) is 0.250. The fourth-order valence-corrected chi connectivity index (χ4v) is 3.76. The molecule has 1 unspecified atom stereocenters. The maximum Gasteiger partial charge on any atom is 0.0460 e. The summed E-state index contributed by atoms with van der Waals surface area (Å²) in [5, 5.41) is 0.793. The van der Waals surface area contributed by atoms with Gasteiger partial charge in [-0.15, -0.1) is 0 Å². The van der Waals surface area contributed by atoms with Gasteiger partial charge in [0, 0.05) is 14.3 Å². The second-order valence-electron chi connectivity index (χ2n) is 4.77. The molecule has 0 saturated carbocycles. The Morgan fingerprint density at radius 1 is 1.11 bits per heavy atom. The number of hydrogen-bond donors (Lipinski definition) is 0. The topological polar surface area (TPSA) is 0 Å². The second kappa shape index (κ2) is 6.43. The van der Waals surface area contributed by atoms with E-state index >= 15 is 0 Å². The number of hydrogen-bond acceptors (Lipinski definition) is 0. The summed E-state index contributed by atoms with van der Waals surface area (Å²) >= 11 is 13.5. The van der Waals surface area contributed by atoms with Crippen molar-refractivity contribution in [2.24, 2.45) is 0 Å². The molecule has 0 aliphatic rings. The number of halogens is 3. The van der Waals surface area contributed by atoms with E-state index in [9.17, 15) is 0 Å². The van der Waals surface area contributed by atoms with Gasteiger partial charge in [0.2, 0.25) is 0 Å². The van der Waals surface area contributed by atoms with Gasteiger partial charge < -0.3 is 0 Å². The molecule has 2 aromatic carbocycles. The molecule has 0 radical (unpaired) electrons. The lowest BCUT2D eigenvalue weighted by Gasteiger charge is -2.14. The van der Waals surface area contributed by atoms with Gasteiger partial charge in [0.15, 0.2) is 0 Å². The van der Waals surface area contributed by atoms with Crippen LogP contribution in [0.1, 0.15) is 27.1 Å². The van der Waals surface area contributed by atoms with E-state index in [0.717, 1.165) is 21.5 Å². The molecule has 1 atom stereocenters. The molecule has 0 aliphatic heterocycles. The second-order valence-corrected chi connectivity index (χ2v) is 7.20. The van der Waals surface area contributed by atoms with Crippen LogP contribution in [0.2, 0.25) is 5.02 Å². The monoisotopic (exact) mass is 400 g/mol. The van der Waals surface area contributed by atoms with E-state index in [1.165, 1.54) is 16.7 Å². The number of alkyl halides is 1. The molecular formula is C16H15Br2Cl. The molecule has 0 spiro atoms. The summed E-state index contributed by atoms with van der Waals surface area (Å²) in [5.74, 6) is 0. The van der Waals surface area contributed by atoms with Crippen LogP contribution in [-0.4, -0.2) is 0 Å². The maximum atomic E-state index is 6.30. The molecule has 0 saturated heterocycles. The lowest BCUT2D eigenvalue weighted by atomic mass is 9.98. The molecule has 0 N–H and O–H groups in total. The van der Waals surface area contributed by atoms with Crippen LogP contribution in [0.4, 0.5) is 0 Å². The normalized spacial score (nSPS) is 12.5. The van der Waals surface area contributed by atoms with E-state index in [1.54, 1.807) is 0 Å². The smallest absolute Gasteiger partial charge is 0.0460 e. The first-order valence-corrected chi connectivity index (χ1v) is 8.21. The molecule has 3 heteroatoms. The van der Waals surface area contributed by atoms with Crippen LogP contribution >= 0.6 is 43.5 Å². The molecule has 2 aromatic rings. The first kappa shape index (κ1) is 15.1. The van der Waals surface area contributed by atoms with Crippen molar-refractivity contribution in [3.05, 3.63) is 68.1 Å². The Balaban J connectivity index is 2.25. The molecule has 0 amide bonds. The molecule has 100 valence electrons. The highest BCUT2D eigenvalue weighted by atomic mass is 79.9. The van der Waals surface area contributed by atoms with Crippen LogP contribution in [0.3, 0.4) is 0 Å². The molecule has 0 bridgehead atoms. The van der Waals surface area contributed by atoms with E-state index in [-0.39, 0.29) is 4.83 Å². The Morgan fingerprint density at radius 3 is 2.53 bits per heavy atom. The summed E-state index contributed by atoms with van der Waals surface area (Å²) in [6.07, 6.45) is 0.939. The van der Waals surface area contributed by atoms with Gasteiger partial charge in [-0.3, -0.25) is 0 Å². The van der Waals surface area contributed by atoms with Gasteiger partial charge in [-0.25, -0.2) is 0 Å². The van der Waals surface area contributed by atoms with Crippen molar-refractivity contribution < 1.29 is 0 Å². The van der Waals surface area contributed by atoms with Crippen molar-refractivity contribution in [3.8, 4) is 0 Å². The van der Waals surface area contributed by atoms with Gasteiger partial charge in [0.25, 0.3) is 0 Å². The summed E-state index contributed by atoms with van der Waals surface area (Å²) in [4.78, 5) is 0.230. The third kappa shape index (κ3) is 3.84. The molecule has 0 nitrogen and oxygen atoms in total. The Kier molecular flexibility index (Phi) is 5.10. The van der Waals surface area contributed by atoms with Crippen LogP contribution in [0.25, 0.3) is 0 Å². The minimum absolute atomic E-state index is 0.230. The van der Waals surface area contributed by atoms with Gasteiger partial charge in [-0.05, 0) is 49.1 Å². The summed E-state index contributed by atoms with van der Waals surface area (Å²) in [7, 11) is 0. The summed E-state index contributed by atoms with van der Waals surface area (Å²) in [6.45, 7) is 4.27. The van der Waals surface area contributed by atoms with E-state index < -0.39 is 0 Å². The minimum atomic E-state index is 0.230. The van der Waals surface area contributed by atoms with E-state index in [0.29, 0.717) is 0 Å². The Hall–Kier alpha value is -0.310. The van der Waals surface area contributed by atoms with Crippen molar-refractivity contribution in [2.45, 2.75) is 25.1 Å². The largest absolute Gasteiger partial charge is 0.0840 e. The van der Waals surface area contributed by atoms with Crippen LogP contribution in [0.15, 0.2) is 40.9 Å². The summed E-state index contributed by atoms with van der Waals surface area (Å²) in [5.41, 5.74) is 5.11. The van der Waals surface area contributed by atoms with Crippen LogP contribution < -0.4 is 0 Å². The first-order valence-electron chi connectivity index (χ1n) is 6.12. The predicted molar refractivity (Wildman–Crippen MR) is 90.4 cm³/mol. The highest BCUT2D eigenvalue weighted by Crippen LogP contribution is 2.34. The summed E-state index contributed by atoms with van der Waals surface area (Å²) < 4.78 is 1.01. The van der Waals surface area contributed by atoms with E-state index in [4.69, 9.17) is 11.6 Å². The molecule has 19 heavy (non-hydrogen) atoms. The zero-order chi connectivity index (χ0) is 14.0. The number of benzene rings is 2. The van der Waals surface area contributed by atoms with Gasteiger partial charge in [0.1, 0.15) is 0 Å². The van der Waals surface area contributed by atoms with Crippen LogP contribution in [0.5, 0.6) is 0 Å². The zero-order valence-electron chi connectivity index (χ0n) is 10.9. The SMILES string of the molecule is Cc1ccc(C)c(CC(Br)c2ccc(Br)cc2Cl)c1. The predicted octanol–water partition coefficient (Wildman–Crippen LogP) is 6.40. The van der Waals surface area contributed by atoms with E-state index in [1.807, 2.05) is 12.1 Å². The Labute approximate surface area is 136 Å². The molecule has 0 fully saturated rings. The van der Waals surface area contributed by atoms with E-state index in [2.05, 4.69) is 70.0 Å². The zero-order valence-corrected chi connectivity index (χ0v) is 14.8. The molecule has 0 aromatic heterocycles. The molecule has 0 aliphatic carbocycles. The van der Waals surface area contributed by atoms with Crippen LogP contribution in [-0.2, 0) is 6.42 Å². The average molecular weight is 403 g/mol. The van der Waals surface area contributed by atoms with Crippen molar-refractivity contribution in [2.75, 3.05) is 0 Å². The first-order chi connectivity index (χ1) is 8.97. The highest BCUT2D eigenvalue weighted by molar-refractivity contribution is 9.10. The van der Waals surface area contributed by atoms with Crippen molar-refractivity contribution >= 4 is 43.5 Å². The quantitative estimate of drug-likeness (QED) is 0.521. The standard InChI is InChI=1S/C16H15Br2Cl/c1-10-3-4-11(2)12(7-10)8-15(18)14-6-5-13(17)9-16(14)19/h3-7,9,15H,8H2,1-2H3. The lowest BCUT2D eigenvalue weighted by molar-refractivity contribution is 0.936. The van der Waals surface area contributed by atoms with Crippen LogP contribution in [0, 0.1) is 13.8 Å². The maximum absolute atomic E-state index is 6.30. The minimum Gasteiger partial charge on any atom is -0.0840 e. The Morgan fingerprint density at radius 2 is 1.84 bits per heavy atom. The van der Waals surface area contributed by atoms with Gasteiger partial charge in [0.05, 0.1) is 0 Å². The van der Waals surface area contributed by atoms with Gasteiger partial charge >= 0.3 is 0 Å². The van der Waals surface area contributed by atoms with Gasteiger partial charge in [-0.2, -0.15) is 0 Å². The van der Waals surface area contributed by atoms with Crippen molar-refractivity contribution in [1.29, 1.82) is 0 Å². The highest BCUT2D eigenvalue weighted by Gasteiger charge is 2.13. The third-order valence-electron chi connectivity index (χ3n) is 3.20. The Bertz CT molecular complexity index is 593. The van der Waals surface area contributed by atoms with Crippen molar-refractivity contribution in [3.63, 3.8) is 0 Å². The number of rotatable bonds is 3. The third-order valence-corrected chi connectivity index (χ3v) is 4.84. The molecule has 2 rings (SSSR count). The van der Waals surface area contributed by atoms with Gasteiger partial charge in [-0.1, -0.05) is 73.3 Å². The van der Waals surface area contributed by atoms with Crippen molar-refractivity contribution in [1.82, 2.24) is 0 Å². The number of aryl methyl sites for hydroxylation is 2.